The van der Waals surface area contributed by atoms with E-state index >= 15 is 0 Å². The summed E-state index contributed by atoms with van der Waals surface area (Å²) >= 11 is 1.14. The average Bonchev–Trinajstić information content (AvgIpc) is 3.34. The molecule has 182 valence electrons. The number of nitrogens with one attached hydrogen (secondary N) is 1. The lowest BCUT2D eigenvalue weighted by Gasteiger charge is -2.32. The number of sulfone groups is 1. The molecule has 33 heavy (non-hydrogen) atoms. The van der Waals surface area contributed by atoms with Gasteiger partial charge < -0.3 is 10.2 Å². The molecule has 1 fully saturated rings. The van der Waals surface area contributed by atoms with Crippen molar-refractivity contribution in [2.45, 2.75) is 54.8 Å². The normalized spacial score (nSPS) is 17.3. The van der Waals surface area contributed by atoms with Crippen LogP contribution in [0.5, 0.6) is 0 Å². The van der Waals surface area contributed by atoms with Crippen LogP contribution < -0.4 is 5.32 Å². The van der Waals surface area contributed by atoms with E-state index in [4.69, 9.17) is 0 Å². The Balaban J connectivity index is 1.43. The van der Waals surface area contributed by atoms with Gasteiger partial charge in [0.15, 0.2) is 0 Å². The van der Waals surface area contributed by atoms with E-state index in [0.717, 1.165) is 68.8 Å². The maximum Gasteiger partial charge on any atom is 0.236 e. The molecule has 2 unspecified atom stereocenters. The molecular weight excluding hydrogens is 456 g/mol. The quantitative estimate of drug-likeness (QED) is 0.459. The number of nitrogens with zero attached hydrogens (tertiary/aromatic N) is 3. The van der Waals surface area contributed by atoms with Gasteiger partial charge in [0.2, 0.25) is 20.1 Å². The highest BCUT2D eigenvalue weighted by molar-refractivity contribution is 7.93. The lowest BCUT2D eigenvalue weighted by molar-refractivity contribution is -0.135. The summed E-state index contributed by atoms with van der Waals surface area (Å²) in [6, 6.07) is 7.60. The van der Waals surface area contributed by atoms with Gasteiger partial charge in [-0.2, -0.15) is 0 Å². The molecule has 1 saturated heterocycles. The van der Waals surface area contributed by atoms with Crippen LogP contribution in [0.2, 0.25) is 0 Å². The van der Waals surface area contributed by atoms with E-state index < -0.39 is 9.84 Å². The Labute approximate surface area is 202 Å². The molecule has 9 heteroatoms. The molecule has 2 heterocycles. The van der Waals surface area contributed by atoms with Crippen molar-refractivity contribution in [2.24, 2.45) is 5.92 Å². The predicted octanol–water partition coefficient (Wildman–Crippen LogP) is 3.08. The number of likely N-dealkylation sites (N-methyl/N-ethyl adjacent to an activating group) is 1. The Kier molecular flexibility index (Phi) is 9.43. The number of benzene rings is 1. The molecule has 0 radical (unpaired) electrons. The first-order valence-electron chi connectivity index (χ1n) is 11.7. The van der Waals surface area contributed by atoms with Crippen molar-refractivity contribution in [1.82, 2.24) is 20.1 Å². The van der Waals surface area contributed by atoms with Crippen molar-refractivity contribution in [3.8, 4) is 0 Å². The Hall–Kier alpha value is -1.81. The largest absolute Gasteiger partial charge is 0.340 e. The molecule has 0 saturated carbocycles. The number of carbonyl (C=O) groups excluding carboxylic acids is 1. The van der Waals surface area contributed by atoms with Gasteiger partial charge in [0.05, 0.1) is 11.4 Å². The number of hydrogen-bond donors (Lipinski definition) is 1. The van der Waals surface area contributed by atoms with Gasteiger partial charge in [-0.1, -0.05) is 26.0 Å². The summed E-state index contributed by atoms with van der Waals surface area (Å²) in [6.07, 6.45) is 5.50. The fraction of sp³-hybridized carbons (Fsp3) is 0.583. The molecule has 2 atom stereocenters. The van der Waals surface area contributed by atoms with Crippen LogP contribution in [0.1, 0.15) is 38.7 Å². The minimum Gasteiger partial charge on any atom is -0.340 e. The summed E-state index contributed by atoms with van der Waals surface area (Å²) in [5, 5.41) is 5.36. The van der Waals surface area contributed by atoms with Crippen molar-refractivity contribution in [1.29, 1.82) is 0 Å². The second kappa shape index (κ2) is 12.1. The third kappa shape index (κ3) is 7.09. The minimum atomic E-state index is -3.53. The number of rotatable bonds is 12. The van der Waals surface area contributed by atoms with Crippen LogP contribution in [0.4, 0.5) is 0 Å². The second-order valence-corrected chi connectivity index (χ2v) is 11.9. The number of hydrogen-bond acceptors (Lipinski definition) is 7. The van der Waals surface area contributed by atoms with Crippen LogP contribution in [-0.4, -0.2) is 74.9 Å². The van der Waals surface area contributed by atoms with Gasteiger partial charge in [0.25, 0.3) is 0 Å². The van der Waals surface area contributed by atoms with E-state index in [1.54, 1.807) is 17.5 Å². The highest BCUT2D eigenvalue weighted by atomic mass is 32.2. The minimum absolute atomic E-state index is 0.135. The molecule has 3 rings (SSSR count). The zero-order chi connectivity index (χ0) is 23.8. The molecule has 1 aliphatic heterocycles. The topological polar surface area (TPSA) is 82.6 Å². The zero-order valence-corrected chi connectivity index (χ0v) is 21.5. The fourth-order valence-corrected chi connectivity index (χ4v) is 6.51. The molecular formula is C24H36N4O3S2. The molecule has 0 aliphatic carbocycles. The average molecular weight is 493 g/mol. The second-order valence-electron chi connectivity index (χ2n) is 8.92. The Morgan fingerprint density at radius 1 is 1.18 bits per heavy atom. The predicted molar refractivity (Wildman–Crippen MR) is 132 cm³/mol. The monoisotopic (exact) mass is 492 g/mol. The molecule has 2 aromatic rings. The van der Waals surface area contributed by atoms with Crippen LogP contribution in [0.25, 0.3) is 0 Å². The van der Waals surface area contributed by atoms with Gasteiger partial charge in [0, 0.05) is 37.3 Å². The number of amides is 1. The van der Waals surface area contributed by atoms with E-state index in [-0.39, 0.29) is 15.1 Å². The lowest BCUT2D eigenvalue weighted by Crippen LogP contribution is -2.49. The van der Waals surface area contributed by atoms with Crippen LogP contribution >= 0.6 is 11.3 Å². The Bertz CT molecular complexity index is 978. The van der Waals surface area contributed by atoms with Crippen LogP contribution in [0.15, 0.2) is 45.1 Å². The van der Waals surface area contributed by atoms with Gasteiger partial charge in [-0.15, -0.1) is 11.3 Å². The molecule has 1 aliphatic rings. The van der Waals surface area contributed by atoms with E-state index in [1.807, 2.05) is 24.1 Å². The summed E-state index contributed by atoms with van der Waals surface area (Å²) in [4.78, 5) is 20.3. The van der Waals surface area contributed by atoms with E-state index in [1.165, 1.54) is 6.20 Å². The number of aromatic nitrogens is 1. The van der Waals surface area contributed by atoms with E-state index in [2.05, 4.69) is 29.0 Å². The van der Waals surface area contributed by atoms with Gasteiger partial charge in [-0.25, -0.2) is 13.4 Å². The third-order valence-corrected chi connectivity index (χ3v) is 9.30. The lowest BCUT2D eigenvalue weighted by atomic mass is 9.92. The SMILES string of the molecule is CCC(NCCCCN1CCN(C)CC1=O)C(C)Cc1ccc(S(=O)(=O)c2nccs2)cc1. The van der Waals surface area contributed by atoms with E-state index in [0.29, 0.717) is 18.5 Å². The number of piperazine rings is 1. The van der Waals surface area contributed by atoms with Crippen molar-refractivity contribution in [3.05, 3.63) is 41.4 Å². The van der Waals surface area contributed by atoms with Crippen molar-refractivity contribution >= 4 is 27.1 Å². The molecule has 1 aromatic carbocycles. The summed E-state index contributed by atoms with van der Waals surface area (Å²) in [5.41, 5.74) is 1.13. The van der Waals surface area contributed by atoms with Crippen molar-refractivity contribution in [3.63, 3.8) is 0 Å². The molecule has 1 N–H and O–H groups in total. The molecule has 0 spiro atoms. The fourth-order valence-electron chi connectivity index (χ4n) is 4.29. The summed E-state index contributed by atoms with van der Waals surface area (Å²) in [7, 11) is -1.54. The summed E-state index contributed by atoms with van der Waals surface area (Å²) in [6.45, 7) is 8.54. The molecule has 1 aromatic heterocycles. The van der Waals surface area contributed by atoms with Crippen LogP contribution in [-0.2, 0) is 21.1 Å². The zero-order valence-electron chi connectivity index (χ0n) is 19.9. The van der Waals surface area contributed by atoms with Gasteiger partial charge in [0.1, 0.15) is 0 Å². The third-order valence-electron chi connectivity index (χ3n) is 6.33. The maximum absolute atomic E-state index is 12.6. The Morgan fingerprint density at radius 2 is 1.94 bits per heavy atom. The van der Waals surface area contributed by atoms with Gasteiger partial charge >= 0.3 is 0 Å². The van der Waals surface area contributed by atoms with Gasteiger partial charge in [-0.3, -0.25) is 9.69 Å². The van der Waals surface area contributed by atoms with Crippen molar-refractivity contribution in [2.75, 3.05) is 39.8 Å². The summed E-state index contributed by atoms with van der Waals surface area (Å²) in [5.74, 6) is 0.665. The number of thiazole rings is 1. The smallest absolute Gasteiger partial charge is 0.236 e. The van der Waals surface area contributed by atoms with E-state index in [9.17, 15) is 13.2 Å². The highest BCUT2D eigenvalue weighted by Gasteiger charge is 2.22. The standard InChI is InChI=1S/C24H36N4O3S2/c1-4-22(25-11-5-6-13-28-15-14-27(3)18-23(28)29)19(2)17-20-7-9-21(10-8-20)33(30,31)24-26-12-16-32-24/h7-10,12,16,19,22,25H,4-6,11,13-15,17-18H2,1-3H3. The number of carbonyl (C=O) groups is 1. The maximum atomic E-state index is 12.6. The molecule has 7 nitrogen and oxygen atoms in total. The number of unbranched alkanes of at least 4 members (excludes halogenated alkanes) is 1. The molecule has 1 amide bonds. The van der Waals surface area contributed by atoms with Crippen LogP contribution in [0, 0.1) is 5.92 Å². The van der Waals surface area contributed by atoms with Gasteiger partial charge in [-0.05, 0) is 62.9 Å². The highest BCUT2D eigenvalue weighted by Crippen LogP contribution is 2.24. The first-order chi connectivity index (χ1) is 15.8. The van der Waals surface area contributed by atoms with Crippen molar-refractivity contribution < 1.29 is 13.2 Å². The molecule has 0 bridgehead atoms. The first kappa shape index (κ1) is 25.8. The first-order valence-corrected chi connectivity index (χ1v) is 14.1. The van der Waals surface area contributed by atoms with Crippen LogP contribution in [0.3, 0.4) is 0 Å². The Morgan fingerprint density at radius 3 is 2.58 bits per heavy atom. The summed E-state index contributed by atoms with van der Waals surface area (Å²) < 4.78 is 25.3.